The lowest BCUT2D eigenvalue weighted by molar-refractivity contribution is -0.154. The Balaban J connectivity index is 4.06. The van der Waals surface area contributed by atoms with Crippen LogP contribution in [0.5, 0.6) is 0 Å². The van der Waals surface area contributed by atoms with Crippen LogP contribution in [0, 0.1) is 0 Å². The Morgan fingerprint density at radius 3 is 2.27 bits per heavy atom. The number of hydrogen-bond donors (Lipinski definition) is 5. The van der Waals surface area contributed by atoms with Crippen molar-refractivity contribution in [3.05, 3.63) is 0 Å². The fraction of sp³-hybridized carbons (Fsp3) is 0.875. The average molecular weight is 225 g/mol. The summed E-state index contributed by atoms with van der Waals surface area (Å²) in [6, 6.07) is 0. The Labute approximate surface area is 87.9 Å². The van der Waals surface area contributed by atoms with Crippen molar-refractivity contribution in [3.63, 3.8) is 0 Å². The zero-order valence-corrected chi connectivity index (χ0v) is 7.98. The highest BCUT2D eigenvalue weighted by Gasteiger charge is 2.30. The summed E-state index contributed by atoms with van der Waals surface area (Å²) < 4.78 is 10.9. The van der Waals surface area contributed by atoms with Crippen LogP contribution in [0.3, 0.4) is 0 Å². The topological polar surface area (TPSA) is 127 Å². The molecule has 0 fully saturated rings. The molecule has 15 heavy (non-hydrogen) atoms. The van der Waals surface area contributed by atoms with Crippen molar-refractivity contribution in [3.8, 4) is 0 Å². The number of carbonyl (C=O) groups excluding carboxylic acids is 1. The van der Waals surface area contributed by atoms with Gasteiger partial charge in [-0.2, -0.15) is 0 Å². The maximum atomic E-state index is 10.5. The van der Waals surface area contributed by atoms with Crippen LogP contribution in [0.25, 0.3) is 0 Å². The SMILES string of the molecule is [2H]CC(=O)OC[C@@H](O)[C@@H](O)[C@H](O)[C@@H](O)CO. The van der Waals surface area contributed by atoms with Crippen LogP contribution in [-0.4, -0.2) is 69.1 Å². The number of aliphatic hydroxyl groups is 5. The van der Waals surface area contributed by atoms with Crippen LogP contribution < -0.4 is 0 Å². The Morgan fingerprint density at radius 2 is 1.80 bits per heavy atom. The van der Waals surface area contributed by atoms with Gasteiger partial charge < -0.3 is 30.3 Å². The van der Waals surface area contributed by atoms with Crippen LogP contribution in [0.15, 0.2) is 0 Å². The molecule has 0 rings (SSSR count). The first-order valence-electron chi connectivity index (χ1n) is 4.92. The highest BCUT2D eigenvalue weighted by molar-refractivity contribution is 5.65. The molecule has 5 N–H and O–H groups in total. The van der Waals surface area contributed by atoms with Gasteiger partial charge in [-0.05, 0) is 0 Å². The molecule has 0 aromatic heterocycles. The standard InChI is InChI=1S/C8H16O7/c1-4(10)15-3-6(12)8(14)7(13)5(11)2-9/h5-9,11-14H,2-3H2,1H3/t5-,6+,7+,8+/m0/s1/i1D. The fourth-order valence-electron chi connectivity index (χ4n) is 0.840. The molecular weight excluding hydrogens is 208 g/mol. The monoisotopic (exact) mass is 225 g/mol. The van der Waals surface area contributed by atoms with Gasteiger partial charge in [0.25, 0.3) is 0 Å². The van der Waals surface area contributed by atoms with Gasteiger partial charge in [-0.25, -0.2) is 0 Å². The Kier molecular flexibility index (Phi) is 5.51. The third-order valence-corrected chi connectivity index (χ3v) is 1.74. The highest BCUT2D eigenvalue weighted by atomic mass is 16.5. The van der Waals surface area contributed by atoms with Gasteiger partial charge in [0, 0.05) is 8.27 Å². The van der Waals surface area contributed by atoms with Crippen molar-refractivity contribution in [1.82, 2.24) is 0 Å². The van der Waals surface area contributed by atoms with E-state index in [1.54, 1.807) is 0 Å². The van der Waals surface area contributed by atoms with Crippen molar-refractivity contribution < 1.29 is 36.4 Å². The van der Waals surface area contributed by atoms with Crippen molar-refractivity contribution in [2.75, 3.05) is 13.2 Å². The van der Waals surface area contributed by atoms with E-state index in [4.69, 9.17) is 11.6 Å². The summed E-state index contributed by atoms with van der Waals surface area (Å²) in [5.41, 5.74) is 0. The van der Waals surface area contributed by atoms with E-state index in [2.05, 4.69) is 4.74 Å². The summed E-state index contributed by atoms with van der Waals surface area (Å²) in [7, 11) is 0. The maximum Gasteiger partial charge on any atom is 0.302 e. The van der Waals surface area contributed by atoms with Crippen molar-refractivity contribution in [1.29, 1.82) is 0 Å². The molecule has 7 heteroatoms. The maximum absolute atomic E-state index is 10.5. The molecule has 0 heterocycles. The fourth-order valence-corrected chi connectivity index (χ4v) is 0.840. The molecule has 90 valence electrons. The van der Waals surface area contributed by atoms with Crippen LogP contribution in [0.1, 0.15) is 8.27 Å². The Bertz CT molecular complexity index is 213. The Hall–Kier alpha value is -0.730. The average Bonchev–Trinajstić information content (AvgIpc) is 2.32. The van der Waals surface area contributed by atoms with E-state index < -0.39 is 50.5 Å². The first-order chi connectivity index (χ1) is 7.43. The lowest BCUT2D eigenvalue weighted by Gasteiger charge is -2.25. The number of carbonyl (C=O) groups is 1. The Morgan fingerprint density at radius 1 is 1.27 bits per heavy atom. The molecule has 0 bridgehead atoms. The second-order valence-corrected chi connectivity index (χ2v) is 2.98. The van der Waals surface area contributed by atoms with Gasteiger partial charge in [0.2, 0.25) is 0 Å². The molecular formula is C8H16O7. The predicted octanol–water partition coefficient (Wildman–Crippen LogP) is -3.01. The summed E-state index contributed by atoms with van der Waals surface area (Å²) in [6.45, 7) is -2.00. The first kappa shape index (κ1) is 12.3. The molecule has 0 aliphatic rings. The third-order valence-electron chi connectivity index (χ3n) is 1.74. The molecule has 0 saturated carbocycles. The van der Waals surface area contributed by atoms with Crippen molar-refractivity contribution in [2.45, 2.75) is 31.3 Å². The van der Waals surface area contributed by atoms with Gasteiger partial charge in [-0.3, -0.25) is 4.79 Å². The molecule has 0 aromatic rings. The minimum absolute atomic E-state index is 0.603. The van der Waals surface area contributed by atoms with Gasteiger partial charge >= 0.3 is 5.97 Å². The van der Waals surface area contributed by atoms with Crippen molar-refractivity contribution >= 4 is 5.97 Å². The highest BCUT2D eigenvalue weighted by Crippen LogP contribution is 2.05. The lowest BCUT2D eigenvalue weighted by Crippen LogP contribution is -2.47. The largest absolute Gasteiger partial charge is 0.463 e. The summed E-state index contributed by atoms with van der Waals surface area (Å²) in [5.74, 6) is -0.886. The van der Waals surface area contributed by atoms with Crippen LogP contribution in [-0.2, 0) is 9.53 Å². The molecule has 0 saturated heterocycles. The molecule has 0 aliphatic heterocycles. The second kappa shape index (κ2) is 6.70. The minimum atomic E-state index is -1.76. The number of hydrogen-bond acceptors (Lipinski definition) is 7. The van der Waals surface area contributed by atoms with E-state index in [0.29, 0.717) is 0 Å². The van der Waals surface area contributed by atoms with E-state index in [1.165, 1.54) is 0 Å². The second-order valence-electron chi connectivity index (χ2n) is 2.98. The van der Waals surface area contributed by atoms with Crippen LogP contribution >= 0.6 is 0 Å². The smallest absolute Gasteiger partial charge is 0.302 e. The number of ether oxygens (including phenoxy) is 1. The number of rotatable bonds is 6. The van der Waals surface area contributed by atoms with Gasteiger partial charge in [0.05, 0.1) is 6.61 Å². The summed E-state index contributed by atoms with van der Waals surface area (Å²) in [4.78, 5) is 10.5. The van der Waals surface area contributed by atoms with Gasteiger partial charge in [-0.15, -0.1) is 0 Å². The van der Waals surface area contributed by atoms with E-state index in [-0.39, 0.29) is 0 Å². The first-order valence-corrected chi connectivity index (χ1v) is 4.22. The molecule has 4 atom stereocenters. The van der Waals surface area contributed by atoms with E-state index in [0.717, 1.165) is 0 Å². The summed E-state index contributed by atoms with van der Waals surface area (Å²) in [5, 5.41) is 45.1. The molecule has 0 aromatic carbocycles. The molecule has 7 nitrogen and oxygen atoms in total. The normalized spacial score (nSPS) is 19.9. The minimum Gasteiger partial charge on any atom is -0.463 e. The van der Waals surface area contributed by atoms with E-state index in [1.807, 2.05) is 0 Å². The lowest BCUT2D eigenvalue weighted by atomic mass is 10.0. The predicted molar refractivity (Wildman–Crippen MR) is 47.7 cm³/mol. The van der Waals surface area contributed by atoms with E-state index in [9.17, 15) is 20.1 Å². The van der Waals surface area contributed by atoms with Crippen LogP contribution in [0.4, 0.5) is 0 Å². The van der Waals surface area contributed by atoms with Gasteiger partial charge in [0.15, 0.2) is 0 Å². The summed E-state index contributed by atoms with van der Waals surface area (Å²) >= 11 is 0. The number of esters is 1. The quantitative estimate of drug-likeness (QED) is 0.304. The molecule has 0 radical (unpaired) electrons. The molecule has 0 spiro atoms. The summed E-state index contributed by atoms with van der Waals surface area (Å²) in [6.07, 6.45) is -6.72. The molecule has 0 amide bonds. The third kappa shape index (κ3) is 5.05. The van der Waals surface area contributed by atoms with Crippen LogP contribution in [0.2, 0.25) is 0 Å². The molecule has 0 unspecified atom stereocenters. The van der Waals surface area contributed by atoms with Gasteiger partial charge in [-0.1, -0.05) is 0 Å². The van der Waals surface area contributed by atoms with Gasteiger partial charge in [0.1, 0.15) is 31.0 Å². The zero-order chi connectivity index (χ0) is 12.7. The number of aliphatic hydroxyl groups excluding tert-OH is 5. The molecule has 0 aliphatic carbocycles. The van der Waals surface area contributed by atoms with Crippen molar-refractivity contribution in [2.24, 2.45) is 0 Å². The van der Waals surface area contributed by atoms with E-state index >= 15 is 0 Å². The zero-order valence-electron chi connectivity index (χ0n) is 8.98.